The Morgan fingerprint density at radius 2 is 2.00 bits per heavy atom. The first-order valence-electron chi connectivity index (χ1n) is 5.70. The molecule has 0 heterocycles. The molecular weight excluding hydrogens is 208 g/mol. The highest BCUT2D eigenvalue weighted by molar-refractivity contribution is 5.85. The Labute approximate surface area is 95.7 Å². The van der Waals surface area contributed by atoms with Crippen LogP contribution in [0.2, 0.25) is 0 Å². The van der Waals surface area contributed by atoms with Crippen LogP contribution >= 0.6 is 0 Å². The van der Waals surface area contributed by atoms with Gasteiger partial charge in [0.2, 0.25) is 5.91 Å². The van der Waals surface area contributed by atoms with Crippen LogP contribution in [-0.4, -0.2) is 31.1 Å². The third kappa shape index (κ3) is 3.20. The van der Waals surface area contributed by atoms with Crippen LogP contribution < -0.4 is 11.1 Å². The van der Waals surface area contributed by atoms with Gasteiger partial charge in [0.05, 0.1) is 13.0 Å². The molecule has 2 unspecified atom stereocenters. The van der Waals surface area contributed by atoms with Crippen molar-refractivity contribution >= 4 is 11.9 Å². The molecule has 1 aliphatic rings. The second-order valence-corrected chi connectivity index (χ2v) is 4.31. The molecule has 1 aliphatic carbocycles. The predicted molar refractivity (Wildman–Crippen MR) is 59.6 cm³/mol. The van der Waals surface area contributed by atoms with E-state index in [1.807, 2.05) is 0 Å². The van der Waals surface area contributed by atoms with Gasteiger partial charge in [0.25, 0.3) is 0 Å². The van der Waals surface area contributed by atoms with Gasteiger partial charge in [0.1, 0.15) is 6.04 Å². The molecule has 0 spiro atoms. The zero-order valence-electron chi connectivity index (χ0n) is 9.86. The monoisotopic (exact) mass is 228 g/mol. The molecule has 5 nitrogen and oxygen atoms in total. The SMILES string of the molecule is COC(=O)[C@H](C)NC(=O)C1CCCCC1N. The second kappa shape index (κ2) is 5.84. The lowest BCUT2D eigenvalue weighted by Crippen LogP contribution is -2.48. The van der Waals surface area contributed by atoms with E-state index in [0.717, 1.165) is 25.7 Å². The average molecular weight is 228 g/mol. The fraction of sp³-hybridized carbons (Fsp3) is 0.818. The highest BCUT2D eigenvalue weighted by atomic mass is 16.5. The minimum Gasteiger partial charge on any atom is -0.467 e. The molecule has 0 aromatic carbocycles. The van der Waals surface area contributed by atoms with Crippen LogP contribution in [0.3, 0.4) is 0 Å². The van der Waals surface area contributed by atoms with E-state index in [2.05, 4.69) is 10.1 Å². The molecule has 0 aliphatic heterocycles. The van der Waals surface area contributed by atoms with Crippen LogP contribution in [0.1, 0.15) is 32.6 Å². The molecule has 1 fully saturated rings. The normalized spacial score (nSPS) is 26.9. The van der Waals surface area contributed by atoms with Crippen LogP contribution in [0.25, 0.3) is 0 Å². The molecule has 0 bridgehead atoms. The Kier molecular flexibility index (Phi) is 4.73. The van der Waals surface area contributed by atoms with Gasteiger partial charge in [-0.25, -0.2) is 4.79 Å². The van der Waals surface area contributed by atoms with Crippen LogP contribution in [0, 0.1) is 5.92 Å². The number of hydrogen-bond donors (Lipinski definition) is 2. The molecule has 3 atom stereocenters. The molecule has 1 saturated carbocycles. The molecule has 16 heavy (non-hydrogen) atoms. The molecule has 0 aromatic rings. The minimum absolute atomic E-state index is 0.0846. The fourth-order valence-electron chi connectivity index (χ4n) is 2.04. The smallest absolute Gasteiger partial charge is 0.328 e. The zero-order valence-corrected chi connectivity index (χ0v) is 9.86. The average Bonchev–Trinajstić information content (AvgIpc) is 2.28. The third-order valence-electron chi connectivity index (χ3n) is 3.07. The Morgan fingerprint density at radius 3 is 2.56 bits per heavy atom. The van der Waals surface area contributed by atoms with Crippen molar-refractivity contribution in [2.24, 2.45) is 11.7 Å². The van der Waals surface area contributed by atoms with Crippen LogP contribution in [0.5, 0.6) is 0 Å². The number of carbonyl (C=O) groups excluding carboxylic acids is 2. The second-order valence-electron chi connectivity index (χ2n) is 4.31. The van der Waals surface area contributed by atoms with Crippen molar-refractivity contribution in [3.8, 4) is 0 Å². The number of rotatable bonds is 3. The Bertz CT molecular complexity index is 268. The van der Waals surface area contributed by atoms with Gasteiger partial charge in [-0.15, -0.1) is 0 Å². The van der Waals surface area contributed by atoms with Gasteiger partial charge < -0.3 is 15.8 Å². The molecule has 0 saturated heterocycles. The van der Waals surface area contributed by atoms with E-state index in [-0.39, 0.29) is 17.9 Å². The van der Waals surface area contributed by atoms with E-state index in [0.29, 0.717) is 0 Å². The van der Waals surface area contributed by atoms with Gasteiger partial charge in [-0.3, -0.25) is 4.79 Å². The number of ether oxygens (including phenoxy) is 1. The maximum Gasteiger partial charge on any atom is 0.328 e. The largest absolute Gasteiger partial charge is 0.467 e. The van der Waals surface area contributed by atoms with Gasteiger partial charge in [-0.2, -0.15) is 0 Å². The number of nitrogens with two attached hydrogens (primary N) is 1. The maximum absolute atomic E-state index is 11.8. The van der Waals surface area contributed by atoms with E-state index in [4.69, 9.17) is 5.73 Å². The summed E-state index contributed by atoms with van der Waals surface area (Å²) in [5.41, 5.74) is 5.89. The summed E-state index contributed by atoms with van der Waals surface area (Å²) in [4.78, 5) is 23.0. The van der Waals surface area contributed by atoms with Gasteiger partial charge in [-0.05, 0) is 19.8 Å². The van der Waals surface area contributed by atoms with E-state index >= 15 is 0 Å². The molecule has 0 radical (unpaired) electrons. The van der Waals surface area contributed by atoms with Gasteiger partial charge >= 0.3 is 5.97 Å². The standard InChI is InChI=1S/C11H20N2O3/c1-7(11(15)16-2)13-10(14)8-5-3-4-6-9(8)12/h7-9H,3-6,12H2,1-2H3,(H,13,14)/t7-,8?,9?/m0/s1. The molecule has 0 aromatic heterocycles. The Hall–Kier alpha value is -1.10. The highest BCUT2D eigenvalue weighted by Gasteiger charge is 2.29. The number of nitrogens with one attached hydrogen (secondary N) is 1. The van der Waals surface area contributed by atoms with Crippen LogP contribution in [-0.2, 0) is 14.3 Å². The quantitative estimate of drug-likeness (QED) is 0.675. The number of esters is 1. The lowest BCUT2D eigenvalue weighted by Gasteiger charge is -2.28. The van der Waals surface area contributed by atoms with E-state index in [9.17, 15) is 9.59 Å². The fourth-order valence-corrected chi connectivity index (χ4v) is 2.04. The molecular formula is C11H20N2O3. The lowest BCUT2D eigenvalue weighted by molar-refractivity contribution is -0.145. The predicted octanol–water partition coefficient (Wildman–Crippen LogP) is 0.182. The van der Waals surface area contributed by atoms with Crippen molar-refractivity contribution in [1.82, 2.24) is 5.32 Å². The molecule has 1 amide bonds. The summed E-state index contributed by atoms with van der Waals surface area (Å²) in [7, 11) is 1.30. The summed E-state index contributed by atoms with van der Waals surface area (Å²) in [6.45, 7) is 1.61. The number of carbonyl (C=O) groups is 2. The van der Waals surface area contributed by atoms with E-state index in [1.54, 1.807) is 6.92 Å². The lowest BCUT2D eigenvalue weighted by atomic mass is 9.84. The van der Waals surface area contributed by atoms with Gasteiger partial charge in [0, 0.05) is 6.04 Å². The minimum atomic E-state index is -0.605. The summed E-state index contributed by atoms with van der Waals surface area (Å²) in [5.74, 6) is -0.733. The first-order valence-corrected chi connectivity index (χ1v) is 5.70. The first-order chi connectivity index (χ1) is 7.56. The number of methoxy groups -OCH3 is 1. The summed E-state index contributed by atoms with van der Waals surface area (Å²) in [6, 6.07) is -0.690. The number of hydrogen-bond acceptors (Lipinski definition) is 4. The number of amides is 1. The summed E-state index contributed by atoms with van der Waals surface area (Å²) >= 11 is 0. The molecule has 5 heteroatoms. The first kappa shape index (κ1) is 13.0. The Morgan fingerprint density at radius 1 is 1.38 bits per heavy atom. The topological polar surface area (TPSA) is 81.4 Å². The summed E-state index contributed by atoms with van der Waals surface area (Å²) in [5, 5.41) is 2.64. The van der Waals surface area contributed by atoms with Gasteiger partial charge in [-0.1, -0.05) is 12.8 Å². The van der Waals surface area contributed by atoms with Crippen molar-refractivity contribution in [2.75, 3.05) is 7.11 Å². The third-order valence-corrected chi connectivity index (χ3v) is 3.07. The zero-order chi connectivity index (χ0) is 12.1. The van der Waals surface area contributed by atoms with Crippen LogP contribution in [0.15, 0.2) is 0 Å². The van der Waals surface area contributed by atoms with Crippen molar-refractivity contribution < 1.29 is 14.3 Å². The maximum atomic E-state index is 11.8. The van der Waals surface area contributed by atoms with Gasteiger partial charge in [0.15, 0.2) is 0 Å². The van der Waals surface area contributed by atoms with Crippen LogP contribution in [0.4, 0.5) is 0 Å². The van der Waals surface area contributed by atoms with Crippen molar-refractivity contribution in [1.29, 1.82) is 0 Å². The molecule has 1 rings (SSSR count). The van der Waals surface area contributed by atoms with E-state index < -0.39 is 12.0 Å². The van der Waals surface area contributed by atoms with Crippen molar-refractivity contribution in [2.45, 2.75) is 44.7 Å². The highest BCUT2D eigenvalue weighted by Crippen LogP contribution is 2.23. The van der Waals surface area contributed by atoms with Crippen molar-refractivity contribution in [3.05, 3.63) is 0 Å². The molecule has 92 valence electrons. The summed E-state index contributed by atoms with van der Waals surface area (Å²) < 4.78 is 4.54. The Balaban J connectivity index is 2.47. The molecule has 3 N–H and O–H groups in total. The summed E-state index contributed by atoms with van der Waals surface area (Å²) in [6.07, 6.45) is 3.79. The van der Waals surface area contributed by atoms with Crippen molar-refractivity contribution in [3.63, 3.8) is 0 Å². The van der Waals surface area contributed by atoms with E-state index in [1.165, 1.54) is 7.11 Å².